The van der Waals surface area contributed by atoms with Crippen LogP contribution in [0.2, 0.25) is 0 Å². The Kier molecular flexibility index (Phi) is 30.1. The fourth-order valence-corrected chi connectivity index (χ4v) is 5.74. The van der Waals surface area contributed by atoms with Gasteiger partial charge in [-0.05, 0) is 57.8 Å². The Bertz CT molecular complexity index is 878. The molecule has 6 nitrogen and oxygen atoms in total. The molecule has 0 heterocycles. The molecule has 0 fully saturated rings. The van der Waals surface area contributed by atoms with Crippen molar-refractivity contribution in [2.75, 3.05) is 5.75 Å². The van der Waals surface area contributed by atoms with Crippen molar-refractivity contribution in [3.8, 4) is 0 Å². The molecular weight excluding hydrogens is 570 g/mol. The monoisotopic (exact) mass is 637 g/mol. The molecule has 0 bridgehead atoms. The molecule has 44 heavy (non-hydrogen) atoms. The lowest BCUT2D eigenvalue weighted by molar-refractivity contribution is -0.122. The van der Waals surface area contributed by atoms with Gasteiger partial charge < -0.3 is 10.4 Å². The number of aliphatic hydroxyl groups is 1. The molecular formula is C37H67NO5S. The van der Waals surface area contributed by atoms with Crippen LogP contribution in [0.3, 0.4) is 0 Å². The smallest absolute Gasteiger partial charge is 0.267 e. The molecule has 0 aromatic rings. The van der Waals surface area contributed by atoms with Crippen LogP contribution in [0.15, 0.2) is 48.6 Å². The highest BCUT2D eigenvalue weighted by molar-refractivity contribution is 7.85. The van der Waals surface area contributed by atoms with E-state index in [2.05, 4.69) is 55.6 Å². The maximum atomic E-state index is 12.4. The number of carbonyl (C=O) groups excluding carboxylic acids is 1. The van der Waals surface area contributed by atoms with E-state index in [0.717, 1.165) is 51.4 Å². The lowest BCUT2D eigenvalue weighted by atomic mass is 10.1. The van der Waals surface area contributed by atoms with Gasteiger partial charge in [0.25, 0.3) is 10.1 Å². The van der Waals surface area contributed by atoms with Gasteiger partial charge in [0, 0.05) is 6.42 Å². The molecule has 2 unspecified atom stereocenters. The number of carbonyl (C=O) groups is 1. The van der Waals surface area contributed by atoms with Crippen molar-refractivity contribution in [1.82, 2.24) is 5.32 Å². The first-order valence-corrected chi connectivity index (χ1v) is 19.4. The number of unbranched alkanes of at least 4 members (excludes halogenated alkanes) is 17. The fraction of sp³-hybridized carbons (Fsp3) is 0.757. The molecule has 0 aliphatic rings. The van der Waals surface area contributed by atoms with Gasteiger partial charge in [-0.1, -0.05) is 146 Å². The summed E-state index contributed by atoms with van der Waals surface area (Å²) in [5.41, 5.74) is 0. The molecule has 256 valence electrons. The van der Waals surface area contributed by atoms with Crippen molar-refractivity contribution >= 4 is 16.0 Å². The Hall–Kier alpha value is -1.70. The van der Waals surface area contributed by atoms with Gasteiger partial charge in [0.1, 0.15) is 0 Å². The van der Waals surface area contributed by atoms with Crippen molar-refractivity contribution in [2.24, 2.45) is 0 Å². The summed E-state index contributed by atoms with van der Waals surface area (Å²) in [5, 5.41) is 13.0. The Morgan fingerprint density at radius 1 is 0.614 bits per heavy atom. The first kappa shape index (κ1) is 42.3. The van der Waals surface area contributed by atoms with E-state index < -0.39 is 28.0 Å². The molecule has 0 aliphatic heterocycles. The largest absolute Gasteiger partial charge is 0.387 e. The summed E-state index contributed by atoms with van der Waals surface area (Å²) in [4.78, 5) is 12.4. The summed E-state index contributed by atoms with van der Waals surface area (Å²) in [6.07, 6.45) is 41.1. The molecule has 0 aliphatic carbocycles. The topological polar surface area (TPSA) is 104 Å². The predicted molar refractivity (Wildman–Crippen MR) is 188 cm³/mol. The molecule has 0 radical (unpaired) electrons. The normalized spacial score (nSPS) is 14.0. The van der Waals surface area contributed by atoms with Crippen LogP contribution in [0.1, 0.15) is 162 Å². The number of nitrogens with one attached hydrogen (secondary N) is 1. The van der Waals surface area contributed by atoms with Gasteiger partial charge in [0.2, 0.25) is 5.91 Å². The van der Waals surface area contributed by atoms with Crippen LogP contribution in [0, 0.1) is 0 Å². The average Bonchev–Trinajstić information content (AvgIpc) is 2.98. The van der Waals surface area contributed by atoms with Crippen molar-refractivity contribution in [3.05, 3.63) is 48.6 Å². The van der Waals surface area contributed by atoms with Crippen molar-refractivity contribution in [2.45, 2.75) is 174 Å². The zero-order chi connectivity index (χ0) is 32.6. The summed E-state index contributed by atoms with van der Waals surface area (Å²) in [5.74, 6) is -1.01. The van der Waals surface area contributed by atoms with Crippen molar-refractivity contribution in [1.29, 1.82) is 0 Å². The third-order valence-corrected chi connectivity index (χ3v) is 8.51. The van der Waals surface area contributed by atoms with E-state index in [1.54, 1.807) is 6.08 Å². The second-order valence-electron chi connectivity index (χ2n) is 12.1. The summed E-state index contributed by atoms with van der Waals surface area (Å²) in [6.45, 7) is 4.41. The molecule has 2 atom stereocenters. The van der Waals surface area contributed by atoms with E-state index in [1.165, 1.54) is 89.5 Å². The van der Waals surface area contributed by atoms with Gasteiger partial charge in [-0.15, -0.1) is 0 Å². The molecule has 3 N–H and O–H groups in total. The summed E-state index contributed by atoms with van der Waals surface area (Å²) in [6, 6.07) is -1.07. The van der Waals surface area contributed by atoms with Gasteiger partial charge in [-0.25, -0.2) is 0 Å². The highest BCUT2D eigenvalue weighted by atomic mass is 32.2. The molecule has 0 saturated carbocycles. The molecule has 0 spiro atoms. The predicted octanol–water partition coefficient (Wildman–Crippen LogP) is 9.96. The number of hydrogen-bond donors (Lipinski definition) is 3. The molecule has 7 heteroatoms. The van der Waals surface area contributed by atoms with Gasteiger partial charge in [-0.3, -0.25) is 9.35 Å². The SMILES string of the molecule is CCCC/C=C/CC/C=C/C(O)C(CS(=O)(=O)O)NC(=O)CCCCCCCCCCC/C=C\C/C=C\CCCCCCC. The summed E-state index contributed by atoms with van der Waals surface area (Å²) >= 11 is 0. The first-order chi connectivity index (χ1) is 21.3. The van der Waals surface area contributed by atoms with Crippen LogP contribution in [-0.4, -0.2) is 41.9 Å². The number of aliphatic hydroxyl groups excluding tert-OH is 1. The van der Waals surface area contributed by atoms with E-state index in [-0.39, 0.29) is 12.3 Å². The third kappa shape index (κ3) is 31.7. The van der Waals surface area contributed by atoms with Crippen LogP contribution in [0.5, 0.6) is 0 Å². The fourth-order valence-electron chi connectivity index (χ4n) is 5.01. The van der Waals surface area contributed by atoms with Gasteiger partial charge in [-0.2, -0.15) is 8.42 Å². The van der Waals surface area contributed by atoms with Crippen LogP contribution in [0.25, 0.3) is 0 Å². The lowest BCUT2D eigenvalue weighted by Crippen LogP contribution is -2.46. The van der Waals surface area contributed by atoms with E-state index in [9.17, 15) is 22.9 Å². The maximum absolute atomic E-state index is 12.4. The van der Waals surface area contributed by atoms with E-state index >= 15 is 0 Å². The minimum Gasteiger partial charge on any atom is -0.387 e. The zero-order valence-corrected chi connectivity index (χ0v) is 29.1. The van der Waals surface area contributed by atoms with Gasteiger partial charge in [0.05, 0.1) is 17.9 Å². The Labute approximate surface area is 271 Å². The highest BCUT2D eigenvalue weighted by Gasteiger charge is 2.24. The van der Waals surface area contributed by atoms with E-state index in [0.29, 0.717) is 6.42 Å². The summed E-state index contributed by atoms with van der Waals surface area (Å²) < 4.78 is 32.2. The Balaban J connectivity index is 3.90. The minimum atomic E-state index is -4.34. The van der Waals surface area contributed by atoms with E-state index in [1.807, 2.05) is 0 Å². The van der Waals surface area contributed by atoms with E-state index in [4.69, 9.17) is 0 Å². The maximum Gasteiger partial charge on any atom is 0.267 e. The van der Waals surface area contributed by atoms with Crippen molar-refractivity contribution < 1.29 is 22.9 Å². The lowest BCUT2D eigenvalue weighted by Gasteiger charge is -2.21. The second kappa shape index (κ2) is 31.3. The quantitative estimate of drug-likeness (QED) is 0.0399. The zero-order valence-electron chi connectivity index (χ0n) is 28.3. The highest BCUT2D eigenvalue weighted by Crippen LogP contribution is 2.12. The number of hydrogen-bond acceptors (Lipinski definition) is 4. The number of rotatable bonds is 31. The average molecular weight is 638 g/mol. The molecule has 1 amide bonds. The molecule has 0 rings (SSSR count). The van der Waals surface area contributed by atoms with Crippen molar-refractivity contribution in [3.63, 3.8) is 0 Å². The molecule has 0 saturated heterocycles. The van der Waals surface area contributed by atoms with Crippen LogP contribution in [0.4, 0.5) is 0 Å². The minimum absolute atomic E-state index is 0.281. The van der Waals surface area contributed by atoms with Gasteiger partial charge >= 0.3 is 0 Å². The third-order valence-electron chi connectivity index (χ3n) is 7.73. The Morgan fingerprint density at radius 3 is 1.64 bits per heavy atom. The van der Waals surface area contributed by atoms with Crippen LogP contribution < -0.4 is 5.32 Å². The Morgan fingerprint density at radius 2 is 1.07 bits per heavy atom. The first-order valence-electron chi connectivity index (χ1n) is 17.8. The molecule has 0 aromatic heterocycles. The number of amides is 1. The molecule has 0 aromatic carbocycles. The van der Waals surface area contributed by atoms with Crippen LogP contribution >= 0.6 is 0 Å². The standard InChI is InChI=1S/C37H67NO5S/c1-3-5-7-9-11-13-14-15-16-17-18-19-20-21-22-23-24-25-27-29-31-33-37(40)38-35(34-44(41,42)43)36(39)32-30-28-26-12-10-8-6-4-2/h10,12,14-15,17-18,30,32,35-36,39H,3-9,11,13,16,19-29,31,33-34H2,1-2H3,(H,38,40)(H,41,42,43)/b12-10+,15-14-,18-17-,32-30+. The second-order valence-corrected chi connectivity index (χ2v) is 13.6. The van der Waals surface area contributed by atoms with Crippen LogP contribution in [-0.2, 0) is 14.9 Å². The van der Waals surface area contributed by atoms with Gasteiger partial charge in [0.15, 0.2) is 0 Å². The summed E-state index contributed by atoms with van der Waals surface area (Å²) in [7, 11) is -4.34. The number of allylic oxidation sites excluding steroid dienone is 7.